The summed E-state index contributed by atoms with van der Waals surface area (Å²) in [5.74, 6) is 0.137. The molecule has 1 N–H and O–H groups in total. The number of nitrogens with zero attached hydrogens (tertiary/aromatic N) is 1. The number of aliphatic hydroxyl groups is 1. The molecule has 1 aliphatic rings. The van der Waals surface area contributed by atoms with Crippen molar-refractivity contribution in [1.82, 2.24) is 0 Å². The summed E-state index contributed by atoms with van der Waals surface area (Å²) in [4.78, 5) is 14.3. The first kappa shape index (κ1) is 15.0. The SMILES string of the molecule is CC(C)(C)c1ccccc1N1C(=O)CCCC[C@@H]1CO. The van der Waals surface area contributed by atoms with Gasteiger partial charge < -0.3 is 10.0 Å². The number of amides is 1. The summed E-state index contributed by atoms with van der Waals surface area (Å²) in [6.45, 7) is 6.50. The van der Waals surface area contributed by atoms with Crippen LogP contribution in [0.4, 0.5) is 5.69 Å². The quantitative estimate of drug-likeness (QED) is 0.900. The van der Waals surface area contributed by atoms with Crippen molar-refractivity contribution in [2.45, 2.75) is 57.9 Å². The molecule has 1 fully saturated rings. The zero-order valence-corrected chi connectivity index (χ0v) is 12.7. The minimum atomic E-state index is -0.0894. The van der Waals surface area contributed by atoms with Crippen LogP contribution < -0.4 is 4.90 Å². The lowest BCUT2D eigenvalue weighted by molar-refractivity contribution is -0.119. The van der Waals surface area contributed by atoms with Crippen LogP contribution in [0.15, 0.2) is 24.3 Å². The van der Waals surface area contributed by atoms with Crippen molar-refractivity contribution >= 4 is 11.6 Å². The molecule has 0 saturated carbocycles. The zero-order valence-electron chi connectivity index (χ0n) is 12.7. The molecule has 1 aliphatic heterocycles. The van der Waals surface area contributed by atoms with Crippen molar-refractivity contribution in [2.24, 2.45) is 0 Å². The molecule has 3 heteroatoms. The first-order chi connectivity index (χ1) is 9.45. The highest BCUT2D eigenvalue weighted by Gasteiger charge is 2.30. The third kappa shape index (κ3) is 3.04. The molecule has 2 rings (SSSR count). The lowest BCUT2D eigenvalue weighted by Gasteiger charge is -2.34. The van der Waals surface area contributed by atoms with Crippen molar-refractivity contribution in [3.05, 3.63) is 29.8 Å². The Morgan fingerprint density at radius 3 is 2.60 bits per heavy atom. The Labute approximate surface area is 121 Å². The molecule has 1 atom stereocenters. The van der Waals surface area contributed by atoms with Gasteiger partial charge in [0.25, 0.3) is 0 Å². The normalized spacial score (nSPS) is 20.9. The van der Waals surface area contributed by atoms with Crippen molar-refractivity contribution in [2.75, 3.05) is 11.5 Å². The molecule has 1 heterocycles. The molecule has 0 unspecified atom stereocenters. The van der Waals surface area contributed by atoms with Gasteiger partial charge in [-0.15, -0.1) is 0 Å². The van der Waals surface area contributed by atoms with Gasteiger partial charge >= 0.3 is 0 Å². The van der Waals surface area contributed by atoms with E-state index in [4.69, 9.17) is 0 Å². The smallest absolute Gasteiger partial charge is 0.227 e. The van der Waals surface area contributed by atoms with E-state index in [0.29, 0.717) is 6.42 Å². The number of carbonyl (C=O) groups is 1. The van der Waals surface area contributed by atoms with Crippen LogP contribution in [0, 0.1) is 0 Å². The molecule has 0 spiro atoms. The van der Waals surface area contributed by atoms with Gasteiger partial charge in [0, 0.05) is 12.1 Å². The number of anilines is 1. The predicted octanol–water partition coefficient (Wildman–Crippen LogP) is 3.25. The first-order valence-electron chi connectivity index (χ1n) is 7.47. The molecule has 20 heavy (non-hydrogen) atoms. The summed E-state index contributed by atoms with van der Waals surface area (Å²) in [5.41, 5.74) is 2.10. The van der Waals surface area contributed by atoms with E-state index in [1.807, 2.05) is 23.1 Å². The van der Waals surface area contributed by atoms with Crippen molar-refractivity contribution in [3.63, 3.8) is 0 Å². The summed E-state index contributed by atoms with van der Waals surface area (Å²) in [5, 5.41) is 9.67. The van der Waals surface area contributed by atoms with Crippen LogP contribution in [0.25, 0.3) is 0 Å². The monoisotopic (exact) mass is 275 g/mol. The summed E-state index contributed by atoms with van der Waals surface area (Å²) in [7, 11) is 0. The maximum Gasteiger partial charge on any atom is 0.227 e. The van der Waals surface area contributed by atoms with Crippen LogP contribution in [0.3, 0.4) is 0 Å². The number of benzene rings is 1. The zero-order chi connectivity index (χ0) is 14.8. The maximum atomic E-state index is 12.5. The van der Waals surface area contributed by atoms with E-state index in [-0.39, 0.29) is 24.0 Å². The number of aliphatic hydroxyl groups excluding tert-OH is 1. The van der Waals surface area contributed by atoms with E-state index in [1.165, 1.54) is 0 Å². The van der Waals surface area contributed by atoms with Gasteiger partial charge in [-0.2, -0.15) is 0 Å². The third-order valence-corrected chi connectivity index (χ3v) is 3.99. The number of rotatable bonds is 2. The van der Waals surface area contributed by atoms with Crippen LogP contribution in [0.1, 0.15) is 52.0 Å². The van der Waals surface area contributed by atoms with Gasteiger partial charge in [0.2, 0.25) is 5.91 Å². The van der Waals surface area contributed by atoms with Crippen LogP contribution in [0.2, 0.25) is 0 Å². The molecule has 0 aromatic heterocycles. The largest absolute Gasteiger partial charge is 0.394 e. The highest BCUT2D eigenvalue weighted by Crippen LogP contribution is 2.35. The predicted molar refractivity (Wildman–Crippen MR) is 82.0 cm³/mol. The van der Waals surface area contributed by atoms with E-state index >= 15 is 0 Å². The van der Waals surface area contributed by atoms with E-state index in [0.717, 1.165) is 30.5 Å². The molecule has 1 amide bonds. The first-order valence-corrected chi connectivity index (χ1v) is 7.47. The lowest BCUT2D eigenvalue weighted by atomic mass is 9.85. The van der Waals surface area contributed by atoms with Crippen molar-refractivity contribution < 1.29 is 9.90 Å². The molecule has 0 aliphatic carbocycles. The molecule has 0 radical (unpaired) electrons. The summed E-state index contributed by atoms with van der Waals surface area (Å²) >= 11 is 0. The number of carbonyl (C=O) groups excluding carboxylic acids is 1. The number of para-hydroxylation sites is 1. The Kier molecular flexibility index (Phi) is 4.48. The molecule has 110 valence electrons. The maximum absolute atomic E-state index is 12.5. The lowest BCUT2D eigenvalue weighted by Crippen LogP contribution is -2.42. The summed E-state index contributed by atoms with van der Waals surface area (Å²) in [6, 6.07) is 7.99. The van der Waals surface area contributed by atoms with Gasteiger partial charge in [0.05, 0.1) is 12.6 Å². The number of hydrogen-bond donors (Lipinski definition) is 1. The topological polar surface area (TPSA) is 40.5 Å². The molecule has 0 bridgehead atoms. The van der Waals surface area contributed by atoms with Crippen LogP contribution in [-0.4, -0.2) is 23.7 Å². The van der Waals surface area contributed by atoms with Crippen LogP contribution in [0.5, 0.6) is 0 Å². The van der Waals surface area contributed by atoms with E-state index in [1.54, 1.807) is 0 Å². The van der Waals surface area contributed by atoms with Crippen LogP contribution >= 0.6 is 0 Å². The number of hydrogen-bond acceptors (Lipinski definition) is 2. The second-order valence-corrected chi connectivity index (χ2v) is 6.61. The van der Waals surface area contributed by atoms with Gasteiger partial charge in [-0.1, -0.05) is 45.4 Å². The standard InChI is InChI=1S/C17H25NO2/c1-17(2,3)14-9-5-6-10-15(14)18-13(12-19)8-4-7-11-16(18)20/h5-6,9-10,13,19H,4,7-8,11-12H2,1-3H3/t13-/m1/s1. The fraction of sp³-hybridized carbons (Fsp3) is 0.588. The third-order valence-electron chi connectivity index (χ3n) is 3.99. The molecular formula is C17H25NO2. The van der Waals surface area contributed by atoms with Crippen LogP contribution in [-0.2, 0) is 10.2 Å². The minimum Gasteiger partial charge on any atom is -0.394 e. The van der Waals surface area contributed by atoms with Gasteiger partial charge in [-0.05, 0) is 29.9 Å². The average Bonchev–Trinajstić information content (AvgIpc) is 2.59. The Balaban J connectivity index is 2.49. The highest BCUT2D eigenvalue weighted by atomic mass is 16.3. The Morgan fingerprint density at radius 1 is 1.25 bits per heavy atom. The van der Waals surface area contributed by atoms with Gasteiger partial charge in [0.1, 0.15) is 0 Å². The minimum absolute atomic E-state index is 0.0246. The second kappa shape index (κ2) is 5.96. The molecule has 1 aromatic carbocycles. The van der Waals surface area contributed by atoms with E-state index in [2.05, 4.69) is 26.8 Å². The molecule has 1 saturated heterocycles. The summed E-state index contributed by atoms with van der Waals surface area (Å²) < 4.78 is 0. The average molecular weight is 275 g/mol. The fourth-order valence-electron chi connectivity index (χ4n) is 2.93. The highest BCUT2D eigenvalue weighted by molar-refractivity contribution is 5.95. The summed E-state index contributed by atoms with van der Waals surface area (Å²) in [6.07, 6.45) is 3.38. The van der Waals surface area contributed by atoms with Crippen molar-refractivity contribution in [3.8, 4) is 0 Å². The van der Waals surface area contributed by atoms with E-state index in [9.17, 15) is 9.90 Å². The van der Waals surface area contributed by atoms with E-state index < -0.39 is 0 Å². The Hall–Kier alpha value is -1.35. The van der Waals surface area contributed by atoms with Gasteiger partial charge in [0.15, 0.2) is 0 Å². The second-order valence-electron chi connectivity index (χ2n) is 6.61. The fourth-order valence-corrected chi connectivity index (χ4v) is 2.93. The molecule has 3 nitrogen and oxygen atoms in total. The van der Waals surface area contributed by atoms with Gasteiger partial charge in [-0.25, -0.2) is 0 Å². The molecular weight excluding hydrogens is 250 g/mol. The molecule has 1 aromatic rings. The Morgan fingerprint density at radius 2 is 1.95 bits per heavy atom. The van der Waals surface area contributed by atoms with Crippen molar-refractivity contribution in [1.29, 1.82) is 0 Å². The van der Waals surface area contributed by atoms with Gasteiger partial charge in [-0.3, -0.25) is 4.79 Å². The Bertz CT molecular complexity index is 476.